The Bertz CT molecular complexity index is 936. The Kier molecular flexibility index (Phi) is 3.98. The average Bonchev–Trinajstić information content (AvgIpc) is 2.97. The number of anilines is 1. The number of morpholine rings is 1. The molecule has 0 aliphatic carbocycles. The second-order valence-corrected chi connectivity index (χ2v) is 5.51. The molecule has 1 aromatic carbocycles. The molecular weight excluding hydrogens is 327 g/mol. The zero-order valence-corrected chi connectivity index (χ0v) is 13.2. The van der Waals surface area contributed by atoms with Crippen LogP contribution >= 0.6 is 0 Å². The highest BCUT2D eigenvalue weighted by molar-refractivity contribution is 5.94. The number of aromatic hydroxyl groups is 1. The molecule has 128 valence electrons. The maximum Gasteiger partial charge on any atom is 0.271 e. The lowest BCUT2D eigenvalue weighted by atomic mass is 10.2. The number of rotatable bonds is 3. The molecule has 4 rings (SSSR count). The van der Waals surface area contributed by atoms with Crippen molar-refractivity contribution in [2.45, 2.75) is 0 Å². The Morgan fingerprint density at radius 3 is 2.84 bits per heavy atom. The van der Waals surface area contributed by atoms with Crippen molar-refractivity contribution >= 4 is 28.4 Å². The van der Waals surface area contributed by atoms with Gasteiger partial charge in [-0.15, -0.1) is 10.2 Å². The van der Waals surface area contributed by atoms with E-state index in [0.717, 1.165) is 17.1 Å². The summed E-state index contributed by atoms with van der Waals surface area (Å²) in [7, 11) is 0. The van der Waals surface area contributed by atoms with Crippen LogP contribution < -0.4 is 4.90 Å². The molecule has 0 atom stereocenters. The molecule has 0 saturated carbocycles. The number of H-pyrrole nitrogens is 1. The van der Waals surface area contributed by atoms with Crippen molar-refractivity contribution < 1.29 is 14.2 Å². The van der Waals surface area contributed by atoms with Crippen molar-refractivity contribution in [3.8, 4) is 5.88 Å². The molecule has 0 amide bonds. The number of ether oxygens (including phenoxy) is 1. The summed E-state index contributed by atoms with van der Waals surface area (Å²) in [6.45, 7) is 2.13. The van der Waals surface area contributed by atoms with Crippen molar-refractivity contribution in [1.29, 1.82) is 0 Å². The van der Waals surface area contributed by atoms with Gasteiger partial charge >= 0.3 is 0 Å². The van der Waals surface area contributed by atoms with E-state index >= 15 is 0 Å². The fourth-order valence-electron chi connectivity index (χ4n) is 2.70. The summed E-state index contributed by atoms with van der Waals surface area (Å²) in [6, 6.07) is 7.31. The first kappa shape index (κ1) is 15.5. The summed E-state index contributed by atoms with van der Waals surface area (Å²) < 4.78 is 19.3. The molecular formula is C16H15FN6O2. The molecule has 1 fully saturated rings. The van der Waals surface area contributed by atoms with E-state index < -0.39 is 5.82 Å². The first-order chi connectivity index (χ1) is 12.2. The van der Waals surface area contributed by atoms with E-state index in [1.807, 2.05) is 24.3 Å². The van der Waals surface area contributed by atoms with Gasteiger partial charge < -0.3 is 19.7 Å². The number of aromatic nitrogens is 3. The zero-order chi connectivity index (χ0) is 17.2. The molecule has 2 N–H and O–H groups in total. The van der Waals surface area contributed by atoms with Crippen LogP contribution in [0.4, 0.5) is 21.8 Å². The minimum absolute atomic E-state index is 0.0209. The van der Waals surface area contributed by atoms with Crippen LogP contribution in [0.5, 0.6) is 5.88 Å². The molecule has 0 unspecified atom stereocenters. The monoisotopic (exact) mass is 342 g/mol. The summed E-state index contributed by atoms with van der Waals surface area (Å²) in [4.78, 5) is 12.6. The molecule has 3 heterocycles. The summed E-state index contributed by atoms with van der Waals surface area (Å²) in [5.41, 5.74) is 1.03. The minimum Gasteiger partial charge on any atom is -0.493 e. The normalized spacial score (nSPS) is 15.3. The third-order valence-corrected chi connectivity index (χ3v) is 3.92. The van der Waals surface area contributed by atoms with Crippen LogP contribution in [0, 0.1) is 5.82 Å². The molecule has 1 aliphatic rings. The van der Waals surface area contributed by atoms with Gasteiger partial charge in [0.2, 0.25) is 5.88 Å². The van der Waals surface area contributed by atoms with Gasteiger partial charge in [0.15, 0.2) is 17.3 Å². The van der Waals surface area contributed by atoms with E-state index in [2.05, 4.69) is 25.2 Å². The molecule has 0 spiro atoms. The van der Waals surface area contributed by atoms with E-state index in [1.54, 1.807) is 4.90 Å². The number of fused-ring (bicyclic) bond motifs is 1. The molecule has 3 aromatic rings. The Labute approximate surface area is 142 Å². The predicted octanol–water partition coefficient (Wildman–Crippen LogP) is 3.05. The van der Waals surface area contributed by atoms with Crippen LogP contribution in [0.2, 0.25) is 0 Å². The van der Waals surface area contributed by atoms with Crippen molar-refractivity contribution in [1.82, 2.24) is 15.0 Å². The highest BCUT2D eigenvalue weighted by Gasteiger charge is 2.18. The number of nitrogens with zero attached hydrogens (tertiary/aromatic N) is 5. The van der Waals surface area contributed by atoms with Crippen LogP contribution in [0.15, 0.2) is 40.7 Å². The van der Waals surface area contributed by atoms with Gasteiger partial charge in [-0.1, -0.05) is 18.2 Å². The largest absolute Gasteiger partial charge is 0.493 e. The van der Waals surface area contributed by atoms with Crippen LogP contribution in [-0.4, -0.2) is 46.4 Å². The van der Waals surface area contributed by atoms with Gasteiger partial charge in [0.1, 0.15) is 0 Å². The van der Waals surface area contributed by atoms with Gasteiger partial charge in [-0.05, 0) is 6.07 Å². The third kappa shape index (κ3) is 3.01. The second kappa shape index (κ2) is 6.44. The highest BCUT2D eigenvalue weighted by atomic mass is 19.1. The van der Waals surface area contributed by atoms with Crippen molar-refractivity contribution in [2.75, 3.05) is 31.2 Å². The van der Waals surface area contributed by atoms with E-state index in [-0.39, 0.29) is 23.3 Å². The quantitative estimate of drug-likeness (QED) is 0.713. The molecule has 1 aliphatic heterocycles. The molecule has 0 radical (unpaired) electrons. The maximum atomic E-state index is 14.0. The molecule has 9 heteroatoms. The third-order valence-electron chi connectivity index (χ3n) is 3.92. The number of azo groups is 1. The standard InChI is InChI=1S/C16H15FN6O2/c17-11-9-18-16(20-14(11)23-5-7-25-8-6-23)22-21-13-10-3-1-2-4-12(10)19-15(13)24/h1-4,9,19,24H,5-8H2. The number of hydrogen-bond acceptors (Lipinski definition) is 7. The van der Waals surface area contributed by atoms with Gasteiger partial charge in [0.05, 0.1) is 24.9 Å². The van der Waals surface area contributed by atoms with E-state index in [1.165, 1.54) is 0 Å². The summed E-state index contributed by atoms with van der Waals surface area (Å²) >= 11 is 0. The highest BCUT2D eigenvalue weighted by Crippen LogP contribution is 2.35. The predicted molar refractivity (Wildman–Crippen MR) is 89.2 cm³/mol. The molecule has 1 saturated heterocycles. The Morgan fingerprint density at radius 1 is 1.20 bits per heavy atom. The topological polar surface area (TPSA) is 99.0 Å². The van der Waals surface area contributed by atoms with Gasteiger partial charge in [-0.2, -0.15) is 4.98 Å². The van der Waals surface area contributed by atoms with E-state index in [0.29, 0.717) is 26.3 Å². The average molecular weight is 342 g/mol. The molecule has 0 bridgehead atoms. The summed E-state index contributed by atoms with van der Waals surface area (Å²) in [5.74, 6) is -0.417. The maximum absolute atomic E-state index is 14.0. The summed E-state index contributed by atoms with van der Waals surface area (Å²) in [6.07, 6.45) is 1.07. The lowest BCUT2D eigenvalue weighted by Crippen LogP contribution is -2.37. The van der Waals surface area contributed by atoms with Gasteiger partial charge in [-0.3, -0.25) is 0 Å². The smallest absolute Gasteiger partial charge is 0.271 e. The van der Waals surface area contributed by atoms with Crippen molar-refractivity contribution in [3.63, 3.8) is 0 Å². The molecule has 25 heavy (non-hydrogen) atoms. The molecule has 8 nitrogen and oxygen atoms in total. The van der Waals surface area contributed by atoms with E-state index in [4.69, 9.17) is 4.74 Å². The fraction of sp³-hybridized carbons (Fsp3) is 0.250. The van der Waals surface area contributed by atoms with Gasteiger partial charge in [0.25, 0.3) is 5.95 Å². The Balaban J connectivity index is 1.66. The molecule has 2 aromatic heterocycles. The fourth-order valence-corrected chi connectivity index (χ4v) is 2.70. The van der Waals surface area contributed by atoms with Crippen LogP contribution in [-0.2, 0) is 4.74 Å². The lowest BCUT2D eigenvalue weighted by molar-refractivity contribution is 0.122. The van der Waals surface area contributed by atoms with Crippen LogP contribution in [0.25, 0.3) is 10.9 Å². The summed E-state index contributed by atoms with van der Waals surface area (Å²) in [5, 5.41) is 18.7. The number of para-hydroxylation sites is 1. The number of nitrogens with one attached hydrogen (secondary N) is 1. The Hall–Kier alpha value is -3.07. The van der Waals surface area contributed by atoms with Gasteiger partial charge in [-0.25, -0.2) is 9.37 Å². The first-order valence-electron chi connectivity index (χ1n) is 7.79. The number of halogens is 1. The van der Waals surface area contributed by atoms with Crippen molar-refractivity contribution in [3.05, 3.63) is 36.3 Å². The SMILES string of the molecule is Oc1[nH]c2ccccc2c1N=Nc1ncc(F)c(N2CCOCC2)n1. The van der Waals surface area contributed by atoms with E-state index in [9.17, 15) is 9.50 Å². The Morgan fingerprint density at radius 2 is 2.00 bits per heavy atom. The van der Waals surface area contributed by atoms with Crippen LogP contribution in [0.3, 0.4) is 0 Å². The second-order valence-electron chi connectivity index (χ2n) is 5.51. The number of benzene rings is 1. The van der Waals surface area contributed by atoms with Crippen molar-refractivity contribution in [2.24, 2.45) is 10.2 Å². The number of aromatic amines is 1. The van der Waals surface area contributed by atoms with Gasteiger partial charge in [0, 0.05) is 18.5 Å². The zero-order valence-electron chi connectivity index (χ0n) is 13.2. The lowest BCUT2D eigenvalue weighted by Gasteiger charge is -2.27. The first-order valence-corrected chi connectivity index (χ1v) is 7.79. The number of hydrogen-bond donors (Lipinski definition) is 2. The minimum atomic E-state index is -0.518. The van der Waals surface area contributed by atoms with Crippen LogP contribution in [0.1, 0.15) is 0 Å².